The van der Waals surface area contributed by atoms with Gasteiger partial charge in [-0.05, 0) is 62.4 Å². The van der Waals surface area contributed by atoms with E-state index in [0.717, 1.165) is 39.8 Å². The summed E-state index contributed by atoms with van der Waals surface area (Å²) in [7, 11) is 0. The van der Waals surface area contributed by atoms with E-state index < -0.39 is 23.8 Å². The molecule has 0 bridgehead atoms. The Morgan fingerprint density at radius 2 is 1.88 bits per heavy atom. The molecule has 0 radical (unpaired) electrons. The summed E-state index contributed by atoms with van der Waals surface area (Å²) in [6, 6.07) is 11.2. The fourth-order valence-electron chi connectivity index (χ4n) is 7.03. The smallest absolute Gasteiger partial charge is 0.307 e. The molecule has 6 rings (SSSR count). The largest absolute Gasteiger partial charge is 0.485 e. The van der Waals surface area contributed by atoms with Crippen LogP contribution in [0.3, 0.4) is 0 Å². The monoisotopic (exact) mass is 648 g/mol. The van der Waals surface area contributed by atoms with Gasteiger partial charge in [0.05, 0.1) is 17.9 Å². The van der Waals surface area contributed by atoms with Crippen molar-refractivity contribution >= 4 is 33.7 Å². The number of ether oxygens (including phenoxy) is 1. The summed E-state index contributed by atoms with van der Waals surface area (Å²) in [5.41, 5.74) is 3.55. The molecule has 3 aliphatic rings. The molecule has 9 nitrogen and oxygen atoms in total. The van der Waals surface area contributed by atoms with E-state index in [1.807, 2.05) is 47.5 Å². The molecule has 10 heteroatoms. The summed E-state index contributed by atoms with van der Waals surface area (Å²) in [6.07, 6.45) is 6.99. The number of amides is 2. The van der Waals surface area contributed by atoms with E-state index in [-0.39, 0.29) is 31.0 Å². The van der Waals surface area contributed by atoms with E-state index in [1.165, 1.54) is 0 Å². The van der Waals surface area contributed by atoms with E-state index in [9.17, 15) is 19.5 Å². The number of carboxylic acid groups (broad SMARTS) is 1. The molecular weight excluding hydrogens is 612 g/mol. The Kier molecular flexibility index (Phi) is 8.31. The second kappa shape index (κ2) is 12.1. The van der Waals surface area contributed by atoms with Crippen molar-refractivity contribution in [1.82, 2.24) is 19.4 Å². The molecule has 43 heavy (non-hydrogen) atoms. The quantitative estimate of drug-likeness (QED) is 0.332. The van der Waals surface area contributed by atoms with E-state index in [0.29, 0.717) is 43.7 Å². The van der Waals surface area contributed by atoms with Crippen molar-refractivity contribution in [1.29, 1.82) is 0 Å². The summed E-state index contributed by atoms with van der Waals surface area (Å²) >= 11 is 3.74. The number of nitrogens with zero attached hydrogens (tertiary/aromatic N) is 4. The molecule has 1 fully saturated rings. The fourth-order valence-corrected chi connectivity index (χ4v) is 7.58. The van der Waals surface area contributed by atoms with Crippen LogP contribution in [-0.4, -0.2) is 55.3 Å². The first-order valence-corrected chi connectivity index (χ1v) is 15.9. The van der Waals surface area contributed by atoms with Gasteiger partial charge < -0.3 is 24.2 Å². The molecule has 2 amide bonds. The van der Waals surface area contributed by atoms with Gasteiger partial charge in [0.2, 0.25) is 5.91 Å². The van der Waals surface area contributed by atoms with Crippen molar-refractivity contribution < 1.29 is 24.2 Å². The third-order valence-corrected chi connectivity index (χ3v) is 9.95. The normalized spacial score (nSPS) is 21.6. The highest BCUT2D eigenvalue weighted by Crippen LogP contribution is 2.44. The van der Waals surface area contributed by atoms with Crippen LogP contribution in [0.4, 0.5) is 0 Å². The van der Waals surface area contributed by atoms with Crippen molar-refractivity contribution in [2.45, 2.75) is 71.2 Å². The first kappa shape index (κ1) is 29.4. The second-order valence-electron chi connectivity index (χ2n) is 12.0. The molecule has 1 N–H and O–H groups in total. The first-order valence-electron chi connectivity index (χ1n) is 15.1. The van der Waals surface area contributed by atoms with Crippen LogP contribution in [0.25, 0.3) is 0 Å². The molecule has 2 aliphatic heterocycles. The Bertz CT molecular complexity index is 1550. The van der Waals surface area contributed by atoms with Gasteiger partial charge in [-0.2, -0.15) is 0 Å². The van der Waals surface area contributed by atoms with E-state index in [2.05, 4.69) is 39.3 Å². The van der Waals surface area contributed by atoms with Crippen LogP contribution in [0.2, 0.25) is 0 Å². The van der Waals surface area contributed by atoms with Crippen molar-refractivity contribution in [3.63, 3.8) is 0 Å². The third kappa shape index (κ3) is 5.57. The van der Waals surface area contributed by atoms with Crippen LogP contribution in [0.5, 0.6) is 5.75 Å². The standard InChI is InChI=1S/C33H37BrN4O5/c1-20(2)37-16-14-35-29(37)19-43-28-12-11-26(34)25-13-15-38(32(40)23-9-5-6-10-24(23)33(41)42)27(30(25)28)18-36-17-21-7-3-4-8-22(21)31(36)39/h3-4,7-8,11-12,14,16,20,23-24,27H,5-6,9-10,13,15,17-19H2,1-2H3,(H,41,42)/t23?,24?,27-/m1/s1. The molecule has 0 saturated heterocycles. The maximum Gasteiger partial charge on any atom is 0.307 e. The molecule has 3 atom stereocenters. The SMILES string of the molecule is CC(C)n1ccnc1COc1ccc(Br)c2c1[C@@H](CN1Cc3ccccc3C1=O)N(C(=O)C1CCCCC1C(=O)O)CC2. The Balaban J connectivity index is 1.38. The van der Waals surface area contributed by atoms with Gasteiger partial charge in [-0.3, -0.25) is 14.4 Å². The van der Waals surface area contributed by atoms with Crippen LogP contribution in [0.1, 0.15) is 84.5 Å². The van der Waals surface area contributed by atoms with Crippen LogP contribution in [0, 0.1) is 11.8 Å². The summed E-state index contributed by atoms with van der Waals surface area (Å²) in [5.74, 6) is -0.971. The number of halogens is 1. The van der Waals surface area contributed by atoms with Crippen LogP contribution < -0.4 is 4.74 Å². The number of carbonyl (C=O) groups excluding carboxylic acids is 2. The van der Waals surface area contributed by atoms with Crippen molar-refractivity contribution in [3.05, 3.63) is 81.3 Å². The number of fused-ring (bicyclic) bond motifs is 2. The number of hydrogen-bond donors (Lipinski definition) is 1. The lowest BCUT2D eigenvalue weighted by Gasteiger charge is -2.43. The Hall–Kier alpha value is -3.66. The van der Waals surface area contributed by atoms with E-state index >= 15 is 0 Å². The molecule has 226 valence electrons. The number of rotatable bonds is 8. The highest BCUT2D eigenvalue weighted by molar-refractivity contribution is 9.10. The Labute approximate surface area is 260 Å². The first-order chi connectivity index (χ1) is 20.7. The molecule has 1 aromatic heterocycles. The van der Waals surface area contributed by atoms with Crippen molar-refractivity contribution in [2.24, 2.45) is 11.8 Å². The maximum atomic E-state index is 14.3. The predicted octanol–water partition coefficient (Wildman–Crippen LogP) is 5.78. The number of carbonyl (C=O) groups is 3. The number of imidazole rings is 1. The molecule has 2 unspecified atom stereocenters. The number of carboxylic acids is 1. The lowest BCUT2D eigenvalue weighted by atomic mass is 9.77. The summed E-state index contributed by atoms with van der Waals surface area (Å²) < 4.78 is 9.46. The fraction of sp³-hybridized carbons (Fsp3) is 0.455. The minimum absolute atomic E-state index is 0.0624. The third-order valence-electron chi connectivity index (χ3n) is 9.21. The lowest BCUT2D eigenvalue weighted by molar-refractivity contribution is -0.153. The minimum Gasteiger partial charge on any atom is -0.485 e. The van der Waals surface area contributed by atoms with E-state index in [1.54, 1.807) is 11.1 Å². The van der Waals surface area contributed by atoms with Gasteiger partial charge in [0.15, 0.2) is 0 Å². The van der Waals surface area contributed by atoms with Gasteiger partial charge in [-0.15, -0.1) is 0 Å². The lowest BCUT2D eigenvalue weighted by Crippen LogP contribution is -2.50. The Morgan fingerprint density at radius 1 is 1.12 bits per heavy atom. The number of hydrogen-bond acceptors (Lipinski definition) is 5. The molecule has 2 aromatic carbocycles. The van der Waals surface area contributed by atoms with Gasteiger partial charge in [-0.1, -0.05) is 47.0 Å². The highest BCUT2D eigenvalue weighted by atomic mass is 79.9. The topological polar surface area (TPSA) is 105 Å². The zero-order valence-electron chi connectivity index (χ0n) is 24.5. The predicted molar refractivity (Wildman–Crippen MR) is 164 cm³/mol. The summed E-state index contributed by atoms with van der Waals surface area (Å²) in [5, 5.41) is 9.99. The van der Waals surface area contributed by atoms with Gasteiger partial charge >= 0.3 is 5.97 Å². The molecule has 0 spiro atoms. The maximum absolute atomic E-state index is 14.3. The van der Waals surface area contributed by atoms with Crippen molar-refractivity contribution in [3.8, 4) is 5.75 Å². The van der Waals surface area contributed by atoms with Crippen LogP contribution in [-0.2, 0) is 29.2 Å². The molecular formula is C33H37BrN4O5. The minimum atomic E-state index is -0.912. The Morgan fingerprint density at radius 3 is 2.63 bits per heavy atom. The second-order valence-corrected chi connectivity index (χ2v) is 12.9. The van der Waals surface area contributed by atoms with E-state index in [4.69, 9.17) is 4.74 Å². The number of benzene rings is 2. The zero-order chi connectivity index (χ0) is 30.2. The molecule has 1 saturated carbocycles. The van der Waals surface area contributed by atoms with Crippen LogP contribution in [0.15, 0.2) is 53.3 Å². The van der Waals surface area contributed by atoms with Crippen LogP contribution >= 0.6 is 15.9 Å². The number of aromatic nitrogens is 2. The highest BCUT2D eigenvalue weighted by Gasteiger charge is 2.44. The van der Waals surface area contributed by atoms with Gasteiger partial charge in [0, 0.05) is 53.7 Å². The van der Waals surface area contributed by atoms with Gasteiger partial charge in [0.1, 0.15) is 18.2 Å². The van der Waals surface area contributed by atoms with Gasteiger partial charge in [-0.25, -0.2) is 4.98 Å². The van der Waals surface area contributed by atoms with Gasteiger partial charge in [0.25, 0.3) is 5.91 Å². The van der Waals surface area contributed by atoms with Crippen molar-refractivity contribution in [2.75, 3.05) is 13.1 Å². The molecule has 3 heterocycles. The average Bonchev–Trinajstić information content (AvgIpc) is 3.61. The zero-order valence-corrected chi connectivity index (χ0v) is 26.1. The molecule has 1 aliphatic carbocycles. The summed E-state index contributed by atoms with van der Waals surface area (Å²) in [4.78, 5) is 48.2. The number of aliphatic carboxylic acids is 1. The molecule has 3 aromatic rings. The average molecular weight is 650 g/mol. The summed E-state index contributed by atoms with van der Waals surface area (Å²) in [6.45, 7) is 5.61.